The molecule has 0 aliphatic carbocycles. The van der Waals surface area contributed by atoms with E-state index in [1.54, 1.807) is 48.5 Å². The van der Waals surface area contributed by atoms with Crippen LogP contribution in [-0.2, 0) is 33.1 Å². The summed E-state index contributed by atoms with van der Waals surface area (Å²) in [6.45, 7) is 4.23. The number of rotatable bonds is 16. The summed E-state index contributed by atoms with van der Waals surface area (Å²) < 4.78 is 80.4. The Morgan fingerprint density at radius 3 is 1.17 bits per heavy atom. The zero-order valence-corrected chi connectivity index (χ0v) is 30.9. The maximum Gasteiger partial charge on any atom is 2.00 e. The van der Waals surface area contributed by atoms with Crippen LogP contribution < -0.4 is 9.47 Å². The van der Waals surface area contributed by atoms with Crippen LogP contribution in [0.25, 0.3) is 0 Å². The first-order valence-electron chi connectivity index (χ1n) is 15.6. The molecule has 0 bridgehead atoms. The Kier molecular flexibility index (Phi) is 18.0. The Labute approximate surface area is 310 Å². The average molecular weight is 707 g/mol. The molecule has 4 aromatic carbocycles. The third kappa shape index (κ3) is 14.7. The molecule has 11 heteroatoms. The summed E-state index contributed by atoms with van der Waals surface area (Å²) in [6.07, 6.45) is 9.39. The molecule has 0 heterocycles. The first-order valence-corrected chi connectivity index (χ1v) is 18.5. The fourth-order valence-electron chi connectivity index (χ4n) is 4.81. The summed E-state index contributed by atoms with van der Waals surface area (Å²) in [5.74, 6) is 1.89. The van der Waals surface area contributed by atoms with Gasteiger partial charge in [-0.25, -0.2) is 16.8 Å². The van der Waals surface area contributed by atoms with Crippen LogP contribution in [0.1, 0.15) is 76.3 Å². The first-order chi connectivity index (χ1) is 22.0. The van der Waals surface area contributed by atoms with Crippen LogP contribution in [0.3, 0.4) is 0 Å². The van der Waals surface area contributed by atoms with Gasteiger partial charge in [0.2, 0.25) is 0 Å². The zero-order chi connectivity index (χ0) is 33.4. The Bertz CT molecular complexity index is 1580. The van der Waals surface area contributed by atoms with Crippen molar-refractivity contribution in [2.75, 3.05) is 0 Å². The minimum atomic E-state index is -4.52. The maximum absolute atomic E-state index is 11.5. The van der Waals surface area contributed by atoms with Gasteiger partial charge in [0, 0.05) is 0 Å². The molecular weight excluding hydrogens is 665 g/mol. The number of hydrogen-bond donors (Lipinski definition) is 0. The van der Waals surface area contributed by atoms with Crippen LogP contribution >= 0.6 is 0 Å². The van der Waals surface area contributed by atoms with Crippen molar-refractivity contribution < 1.29 is 35.4 Å². The molecule has 0 atom stereocenters. The summed E-state index contributed by atoms with van der Waals surface area (Å²) in [5.41, 5.74) is 1.13. The molecule has 0 saturated carbocycles. The molecular formula is C36H42CaO8S2. The van der Waals surface area contributed by atoms with Crippen LogP contribution in [0.2, 0.25) is 0 Å². The molecule has 248 valence electrons. The second-order valence-corrected chi connectivity index (χ2v) is 13.6. The van der Waals surface area contributed by atoms with Crippen LogP contribution in [0.4, 0.5) is 0 Å². The van der Waals surface area contributed by atoms with Gasteiger partial charge in [-0.15, -0.1) is 0 Å². The second-order valence-electron chi connectivity index (χ2n) is 10.9. The Morgan fingerprint density at radius 2 is 0.851 bits per heavy atom. The summed E-state index contributed by atoms with van der Waals surface area (Å²) in [4.78, 5) is -0.357. The van der Waals surface area contributed by atoms with Gasteiger partial charge in [0.15, 0.2) is 0 Å². The molecule has 0 spiro atoms. The van der Waals surface area contributed by atoms with E-state index in [2.05, 4.69) is 13.8 Å². The molecule has 0 fully saturated rings. The van der Waals surface area contributed by atoms with Gasteiger partial charge in [-0.1, -0.05) is 101 Å². The summed E-state index contributed by atoms with van der Waals surface area (Å²) in [7, 11) is -9.04. The van der Waals surface area contributed by atoms with E-state index in [0.29, 0.717) is 47.0 Å². The van der Waals surface area contributed by atoms with Crippen molar-refractivity contribution in [3.63, 3.8) is 0 Å². The first kappa shape index (κ1) is 40.7. The molecule has 0 unspecified atom stereocenters. The number of benzene rings is 4. The minimum Gasteiger partial charge on any atom is -0.744 e. The fraction of sp³-hybridized carbons (Fsp3) is 0.333. The van der Waals surface area contributed by atoms with Gasteiger partial charge in [0.1, 0.15) is 43.2 Å². The number of unbranched alkanes of at least 4 members (excludes halogenated alkanes) is 6. The number of ether oxygens (including phenoxy) is 2. The third-order valence-electron chi connectivity index (χ3n) is 7.17. The van der Waals surface area contributed by atoms with E-state index in [0.717, 1.165) is 51.4 Å². The summed E-state index contributed by atoms with van der Waals surface area (Å²) >= 11 is 0. The normalized spacial score (nSPS) is 11.1. The van der Waals surface area contributed by atoms with Crippen molar-refractivity contribution in [3.8, 4) is 23.0 Å². The topological polar surface area (TPSA) is 133 Å². The number of para-hydroxylation sites is 2. The van der Waals surface area contributed by atoms with E-state index >= 15 is 0 Å². The summed E-state index contributed by atoms with van der Waals surface area (Å²) in [6, 6.07) is 27.5. The van der Waals surface area contributed by atoms with E-state index in [9.17, 15) is 25.9 Å². The van der Waals surface area contributed by atoms with Crippen molar-refractivity contribution in [3.05, 3.63) is 108 Å². The Balaban J connectivity index is 0.000000320. The molecule has 4 rings (SSSR count). The van der Waals surface area contributed by atoms with Crippen molar-refractivity contribution in [2.24, 2.45) is 0 Å². The predicted molar refractivity (Wildman–Crippen MR) is 183 cm³/mol. The molecule has 0 radical (unpaired) electrons. The van der Waals surface area contributed by atoms with E-state index in [1.807, 2.05) is 36.4 Å². The molecule has 4 aromatic rings. The van der Waals surface area contributed by atoms with Crippen molar-refractivity contribution in [1.29, 1.82) is 0 Å². The number of aryl methyl sites for hydroxylation is 2. The van der Waals surface area contributed by atoms with Gasteiger partial charge in [-0.3, -0.25) is 0 Å². The molecule has 0 aromatic heterocycles. The molecule has 0 saturated heterocycles. The van der Waals surface area contributed by atoms with E-state index in [-0.39, 0.29) is 47.5 Å². The fourth-order valence-corrected chi connectivity index (χ4v) is 6.31. The smallest absolute Gasteiger partial charge is 0.744 e. The van der Waals surface area contributed by atoms with E-state index < -0.39 is 20.2 Å². The third-order valence-corrected chi connectivity index (χ3v) is 9.01. The van der Waals surface area contributed by atoms with Crippen LogP contribution in [0.15, 0.2) is 107 Å². The molecule has 8 nitrogen and oxygen atoms in total. The molecule has 0 N–H and O–H groups in total. The molecule has 0 aliphatic heterocycles. The van der Waals surface area contributed by atoms with Gasteiger partial charge >= 0.3 is 37.7 Å². The Morgan fingerprint density at radius 1 is 0.489 bits per heavy atom. The second kappa shape index (κ2) is 20.8. The van der Waals surface area contributed by atoms with E-state index in [1.165, 1.54) is 12.1 Å². The van der Waals surface area contributed by atoms with Gasteiger partial charge < -0.3 is 18.6 Å². The van der Waals surface area contributed by atoms with Gasteiger partial charge in [0.25, 0.3) is 0 Å². The largest absolute Gasteiger partial charge is 2.00 e. The average Bonchev–Trinajstić information content (AvgIpc) is 3.03. The monoisotopic (exact) mass is 706 g/mol. The Hall–Kier alpha value is -2.44. The predicted octanol–water partition coefficient (Wildman–Crippen LogP) is 8.63. The molecule has 0 amide bonds. The van der Waals surface area contributed by atoms with Gasteiger partial charge in [0.05, 0.1) is 9.79 Å². The quantitative estimate of drug-likeness (QED) is 0.0643. The van der Waals surface area contributed by atoms with Crippen molar-refractivity contribution >= 4 is 58.0 Å². The van der Waals surface area contributed by atoms with Crippen molar-refractivity contribution in [2.45, 2.75) is 87.8 Å². The molecule has 47 heavy (non-hydrogen) atoms. The minimum absolute atomic E-state index is 0. The van der Waals surface area contributed by atoms with Crippen LogP contribution in [-0.4, -0.2) is 63.7 Å². The van der Waals surface area contributed by atoms with Crippen LogP contribution in [0.5, 0.6) is 23.0 Å². The SMILES string of the molecule is CCCCCCc1ccc(Oc2ccccc2)cc1S(=O)(=O)[O-].CCCCCCc1ccc(Oc2ccccc2)cc1S(=O)(=O)[O-].[Ca+2]. The zero-order valence-electron chi connectivity index (χ0n) is 27.1. The standard InChI is InChI=1S/2C18H22O4S.Ca/c2*1-2-3-4-6-9-15-12-13-17(14-18(15)23(19,20)21)22-16-10-7-5-8-11-16;/h2*5,7-8,10-14H,2-4,6,9H2,1H3,(H,19,20,21);/q;;+2/p-2. The molecule has 0 aliphatic rings. The van der Waals surface area contributed by atoms with E-state index in [4.69, 9.17) is 9.47 Å². The van der Waals surface area contributed by atoms with Crippen LogP contribution in [0, 0.1) is 0 Å². The van der Waals surface area contributed by atoms with Gasteiger partial charge in [-0.2, -0.15) is 0 Å². The van der Waals surface area contributed by atoms with Gasteiger partial charge in [-0.05, 0) is 85.3 Å². The maximum atomic E-state index is 11.5. The summed E-state index contributed by atoms with van der Waals surface area (Å²) in [5, 5.41) is 0. The van der Waals surface area contributed by atoms with Crippen molar-refractivity contribution in [1.82, 2.24) is 0 Å². The number of hydrogen-bond acceptors (Lipinski definition) is 8.